The number of halogens is 4. The Morgan fingerprint density at radius 3 is 2.76 bits per heavy atom. The third kappa shape index (κ3) is 4.42. The molecule has 0 spiro atoms. The summed E-state index contributed by atoms with van der Waals surface area (Å²) in [4.78, 5) is 12.4. The first-order valence-electron chi connectivity index (χ1n) is 9.39. The number of rotatable bonds is 4. The van der Waals surface area contributed by atoms with Gasteiger partial charge in [-0.25, -0.2) is 4.68 Å². The van der Waals surface area contributed by atoms with E-state index in [0.717, 1.165) is 27.6 Å². The molecule has 3 heterocycles. The van der Waals surface area contributed by atoms with Crippen molar-refractivity contribution in [2.24, 2.45) is 0 Å². The summed E-state index contributed by atoms with van der Waals surface area (Å²) >= 11 is 3.33. The Bertz CT molecular complexity index is 879. The Balaban J connectivity index is 1.56. The fourth-order valence-electron chi connectivity index (χ4n) is 3.70. The smallest absolute Gasteiger partial charge is 0.376 e. The van der Waals surface area contributed by atoms with Gasteiger partial charge in [-0.2, -0.15) is 18.3 Å². The zero-order chi connectivity index (χ0) is 20.6. The maximum absolute atomic E-state index is 13.7. The van der Waals surface area contributed by atoms with E-state index in [1.807, 2.05) is 0 Å². The van der Waals surface area contributed by atoms with Gasteiger partial charge in [0.05, 0.1) is 12.1 Å². The summed E-state index contributed by atoms with van der Waals surface area (Å²) in [6, 6.07) is 6.14. The number of carbonyl (C=O) groups excluding carboxylic acids is 1. The third-order valence-corrected chi connectivity index (χ3v) is 5.74. The number of amides is 1. The zero-order valence-corrected chi connectivity index (χ0v) is 17.0. The summed E-state index contributed by atoms with van der Waals surface area (Å²) in [6.07, 6.45) is -2.96. The minimum Gasteiger partial charge on any atom is -0.376 e. The predicted molar refractivity (Wildman–Crippen MR) is 104 cm³/mol. The number of alkyl halides is 3. The van der Waals surface area contributed by atoms with E-state index in [0.29, 0.717) is 13.2 Å². The molecule has 2 N–H and O–H groups in total. The normalized spacial score (nSPS) is 24.1. The highest BCUT2D eigenvalue weighted by atomic mass is 79.9. The Kier molecular flexibility index (Phi) is 5.56. The third-order valence-electron chi connectivity index (χ3n) is 5.21. The van der Waals surface area contributed by atoms with Crippen LogP contribution in [0.1, 0.15) is 47.4 Å². The first kappa shape index (κ1) is 20.2. The minimum absolute atomic E-state index is 0.0452. The van der Waals surface area contributed by atoms with Crippen LogP contribution in [0.25, 0.3) is 0 Å². The van der Waals surface area contributed by atoms with Crippen LogP contribution in [0.5, 0.6) is 0 Å². The quantitative estimate of drug-likeness (QED) is 0.698. The highest BCUT2D eigenvalue weighted by molar-refractivity contribution is 9.10. The van der Waals surface area contributed by atoms with Crippen molar-refractivity contribution in [3.63, 3.8) is 0 Å². The van der Waals surface area contributed by atoms with Crippen LogP contribution in [0.2, 0.25) is 0 Å². The van der Waals surface area contributed by atoms with Gasteiger partial charge in [-0.05, 0) is 30.5 Å². The molecule has 3 atom stereocenters. The predicted octanol–water partition coefficient (Wildman–Crippen LogP) is 4.21. The van der Waals surface area contributed by atoms with Crippen molar-refractivity contribution < 1.29 is 22.7 Å². The van der Waals surface area contributed by atoms with E-state index in [-0.39, 0.29) is 24.0 Å². The number of fused-ring (bicyclic) bond motifs is 1. The van der Waals surface area contributed by atoms with E-state index in [2.05, 4.69) is 31.7 Å². The molecule has 0 aliphatic carbocycles. The van der Waals surface area contributed by atoms with Gasteiger partial charge in [0, 0.05) is 30.1 Å². The summed E-state index contributed by atoms with van der Waals surface area (Å²) < 4.78 is 48.3. The molecule has 10 heteroatoms. The van der Waals surface area contributed by atoms with Gasteiger partial charge < -0.3 is 15.4 Å². The summed E-state index contributed by atoms with van der Waals surface area (Å²) in [5.74, 6) is -0.334. The lowest BCUT2D eigenvalue weighted by Crippen LogP contribution is -2.36. The van der Waals surface area contributed by atoms with Gasteiger partial charge in [0.15, 0.2) is 11.7 Å². The molecule has 2 aliphatic heterocycles. The number of nitrogens with one attached hydrogen (secondary N) is 2. The number of aromatic nitrogens is 2. The molecule has 0 unspecified atom stereocenters. The van der Waals surface area contributed by atoms with E-state index in [9.17, 15) is 18.0 Å². The van der Waals surface area contributed by atoms with E-state index in [1.165, 1.54) is 6.07 Å². The van der Waals surface area contributed by atoms with Gasteiger partial charge in [0.2, 0.25) is 0 Å². The molecule has 29 heavy (non-hydrogen) atoms. The largest absolute Gasteiger partial charge is 0.410 e. The molecule has 2 aromatic rings. The van der Waals surface area contributed by atoms with E-state index in [4.69, 9.17) is 4.74 Å². The van der Waals surface area contributed by atoms with Gasteiger partial charge >= 0.3 is 6.18 Å². The van der Waals surface area contributed by atoms with Crippen LogP contribution in [0.3, 0.4) is 0 Å². The molecule has 6 nitrogen and oxygen atoms in total. The van der Waals surface area contributed by atoms with Crippen molar-refractivity contribution in [1.82, 2.24) is 15.1 Å². The van der Waals surface area contributed by atoms with Gasteiger partial charge in [-0.3, -0.25) is 4.79 Å². The molecular weight excluding hydrogens is 453 g/mol. The van der Waals surface area contributed by atoms with Gasteiger partial charge in [-0.15, -0.1) is 0 Å². The maximum atomic E-state index is 13.7. The van der Waals surface area contributed by atoms with Gasteiger partial charge in [0.25, 0.3) is 5.91 Å². The van der Waals surface area contributed by atoms with Gasteiger partial charge in [0.1, 0.15) is 5.82 Å². The summed E-state index contributed by atoms with van der Waals surface area (Å²) in [7, 11) is 0. The van der Waals surface area contributed by atoms with Crippen LogP contribution in [0.15, 0.2) is 34.8 Å². The van der Waals surface area contributed by atoms with Crippen LogP contribution in [0.4, 0.5) is 19.0 Å². The Morgan fingerprint density at radius 2 is 2.10 bits per heavy atom. The molecular formula is C19H20BrF3N4O2. The lowest BCUT2D eigenvalue weighted by atomic mass is 9.97. The van der Waals surface area contributed by atoms with E-state index >= 15 is 0 Å². The lowest BCUT2D eigenvalue weighted by molar-refractivity contribution is -0.173. The topological polar surface area (TPSA) is 68.2 Å². The van der Waals surface area contributed by atoms with Crippen LogP contribution >= 0.6 is 15.9 Å². The number of ether oxygens (including phenoxy) is 1. The highest BCUT2D eigenvalue weighted by Crippen LogP contribution is 2.43. The molecule has 156 valence electrons. The molecule has 4 rings (SSSR count). The second-order valence-corrected chi connectivity index (χ2v) is 8.16. The number of nitrogens with zero attached hydrogens (tertiary/aromatic N) is 2. The van der Waals surface area contributed by atoms with Crippen molar-refractivity contribution in [2.75, 3.05) is 18.5 Å². The van der Waals surface area contributed by atoms with Crippen LogP contribution < -0.4 is 10.6 Å². The summed E-state index contributed by atoms with van der Waals surface area (Å²) in [5.41, 5.74) is 0.690. The van der Waals surface area contributed by atoms with Crippen molar-refractivity contribution in [3.8, 4) is 0 Å². The molecule has 0 bridgehead atoms. The number of hydrogen-bond donors (Lipinski definition) is 2. The molecule has 1 saturated heterocycles. The first-order valence-corrected chi connectivity index (χ1v) is 10.2. The highest BCUT2D eigenvalue weighted by Gasteiger charge is 2.46. The second-order valence-electron chi connectivity index (χ2n) is 7.25. The zero-order valence-electron chi connectivity index (χ0n) is 15.4. The number of anilines is 1. The summed E-state index contributed by atoms with van der Waals surface area (Å²) in [5, 5.41) is 9.75. The molecule has 1 amide bonds. The van der Waals surface area contributed by atoms with Crippen molar-refractivity contribution in [3.05, 3.63) is 46.1 Å². The minimum atomic E-state index is -4.48. The summed E-state index contributed by atoms with van der Waals surface area (Å²) in [6.45, 7) is 0.979. The lowest BCUT2D eigenvalue weighted by Gasteiger charge is -2.33. The SMILES string of the molecule is O=C(NC[C@@H]1CCCO1)c1cc2n(n1)[C@H](C(F)(F)F)C[C@H](c1ccc(Br)cc1)N2. The van der Waals surface area contributed by atoms with E-state index < -0.39 is 24.2 Å². The number of benzene rings is 1. The fourth-order valence-corrected chi connectivity index (χ4v) is 3.96. The Morgan fingerprint density at radius 1 is 1.34 bits per heavy atom. The van der Waals surface area contributed by atoms with E-state index in [1.54, 1.807) is 24.3 Å². The molecule has 1 aromatic heterocycles. The molecule has 0 radical (unpaired) electrons. The average Bonchev–Trinajstić information content (AvgIpc) is 3.34. The Hall–Kier alpha value is -2.07. The van der Waals surface area contributed by atoms with Gasteiger partial charge in [-0.1, -0.05) is 28.1 Å². The number of carbonyl (C=O) groups is 1. The molecule has 1 fully saturated rings. The average molecular weight is 473 g/mol. The molecule has 2 aliphatic rings. The van der Waals surface area contributed by atoms with Crippen LogP contribution in [-0.2, 0) is 4.74 Å². The van der Waals surface area contributed by atoms with Crippen molar-refractivity contribution >= 4 is 27.7 Å². The van der Waals surface area contributed by atoms with Crippen LogP contribution in [-0.4, -0.2) is 41.1 Å². The Labute approximate surface area is 173 Å². The molecule has 0 saturated carbocycles. The maximum Gasteiger partial charge on any atom is 0.410 e. The van der Waals surface area contributed by atoms with Crippen molar-refractivity contribution in [2.45, 2.75) is 43.6 Å². The van der Waals surface area contributed by atoms with Crippen molar-refractivity contribution in [1.29, 1.82) is 0 Å². The fraction of sp³-hybridized carbons (Fsp3) is 0.474. The second kappa shape index (κ2) is 7.98. The number of hydrogen-bond acceptors (Lipinski definition) is 4. The first-order chi connectivity index (χ1) is 13.8. The monoisotopic (exact) mass is 472 g/mol. The standard InChI is InChI=1S/C19H20BrF3N4O2/c20-12-5-3-11(4-6-12)14-8-16(19(21,22)23)27-17(25-14)9-15(26-27)18(28)24-10-13-2-1-7-29-13/h3-6,9,13-14,16,25H,1-2,7-8,10H2,(H,24,28)/t13-,14+,16-/m0/s1. The molecule has 1 aromatic carbocycles. The van der Waals surface area contributed by atoms with Crippen LogP contribution in [0, 0.1) is 0 Å².